The van der Waals surface area contributed by atoms with Gasteiger partial charge in [-0.1, -0.05) is 30.7 Å². The van der Waals surface area contributed by atoms with Crippen LogP contribution in [0.3, 0.4) is 0 Å². The minimum Gasteiger partial charge on any atom is -0.469 e. The number of fused-ring (bicyclic) bond motifs is 1. The fourth-order valence-corrected chi connectivity index (χ4v) is 3.63. The van der Waals surface area contributed by atoms with Crippen LogP contribution in [0, 0.1) is 0 Å². The summed E-state index contributed by atoms with van der Waals surface area (Å²) in [6.45, 7) is 0. The normalized spacial score (nSPS) is 26.1. The van der Waals surface area contributed by atoms with Crippen molar-refractivity contribution in [3.8, 4) is 0 Å². The second-order valence-corrected chi connectivity index (χ2v) is 6.22. The largest absolute Gasteiger partial charge is 0.469 e. The van der Waals surface area contributed by atoms with Gasteiger partial charge in [0.1, 0.15) is 11.4 Å². The van der Waals surface area contributed by atoms with E-state index in [1.807, 2.05) is 6.07 Å². The predicted molar refractivity (Wildman–Crippen MR) is 77.7 cm³/mol. The first-order valence-electron chi connectivity index (χ1n) is 7.67. The van der Waals surface area contributed by atoms with E-state index in [1.165, 1.54) is 24.8 Å². The summed E-state index contributed by atoms with van der Waals surface area (Å²) in [6.07, 6.45) is 8.32. The monoisotopic (exact) mass is 268 g/mol. The molecular formula is C18H20O2. The Hall–Kier alpha value is -1.54. The highest BCUT2D eigenvalue weighted by Gasteiger charge is 2.38. The molecule has 104 valence electrons. The molecule has 0 saturated heterocycles. The summed E-state index contributed by atoms with van der Waals surface area (Å²) in [7, 11) is 0. The SMILES string of the molecule is OC1(c2cccc(C3CCC3)c2)CCCc2occc21. The van der Waals surface area contributed by atoms with E-state index >= 15 is 0 Å². The first-order chi connectivity index (χ1) is 9.77. The van der Waals surface area contributed by atoms with E-state index in [0.717, 1.165) is 36.1 Å². The van der Waals surface area contributed by atoms with Crippen LogP contribution in [0.25, 0.3) is 0 Å². The van der Waals surface area contributed by atoms with Gasteiger partial charge in [-0.05, 0) is 48.8 Å². The lowest BCUT2D eigenvalue weighted by Crippen LogP contribution is -2.31. The molecule has 1 N–H and O–H groups in total. The van der Waals surface area contributed by atoms with Crippen LogP contribution in [0.15, 0.2) is 41.0 Å². The summed E-state index contributed by atoms with van der Waals surface area (Å²) in [5, 5.41) is 11.2. The van der Waals surface area contributed by atoms with Crippen LogP contribution in [0.2, 0.25) is 0 Å². The third kappa shape index (κ3) is 1.75. The van der Waals surface area contributed by atoms with E-state index < -0.39 is 5.60 Å². The lowest BCUT2D eigenvalue weighted by atomic mass is 9.75. The minimum absolute atomic E-state index is 0.700. The number of rotatable bonds is 2. The molecule has 0 spiro atoms. The Kier molecular flexibility index (Phi) is 2.74. The molecule has 1 unspecified atom stereocenters. The zero-order valence-corrected chi connectivity index (χ0v) is 11.6. The van der Waals surface area contributed by atoms with Gasteiger partial charge in [0, 0.05) is 12.0 Å². The molecule has 2 aliphatic carbocycles. The smallest absolute Gasteiger partial charge is 0.118 e. The van der Waals surface area contributed by atoms with E-state index in [1.54, 1.807) is 6.26 Å². The highest BCUT2D eigenvalue weighted by Crippen LogP contribution is 2.43. The van der Waals surface area contributed by atoms with Crippen molar-refractivity contribution in [2.45, 2.75) is 50.0 Å². The molecule has 4 rings (SSSR count). The molecule has 2 aromatic rings. The van der Waals surface area contributed by atoms with Gasteiger partial charge in [-0.15, -0.1) is 0 Å². The second kappa shape index (κ2) is 4.49. The van der Waals surface area contributed by atoms with Gasteiger partial charge < -0.3 is 9.52 Å². The number of hydrogen-bond donors (Lipinski definition) is 1. The van der Waals surface area contributed by atoms with Crippen molar-refractivity contribution in [1.82, 2.24) is 0 Å². The summed E-state index contributed by atoms with van der Waals surface area (Å²) in [6, 6.07) is 10.5. The van der Waals surface area contributed by atoms with Gasteiger partial charge in [-0.3, -0.25) is 0 Å². The molecule has 1 heterocycles. The first-order valence-corrected chi connectivity index (χ1v) is 7.67. The fourth-order valence-electron chi connectivity index (χ4n) is 3.63. The van der Waals surface area contributed by atoms with Gasteiger partial charge in [-0.2, -0.15) is 0 Å². The zero-order chi connectivity index (χ0) is 13.6. The Morgan fingerprint density at radius 1 is 1.15 bits per heavy atom. The average Bonchev–Trinajstić information content (AvgIpc) is 2.87. The molecule has 1 aromatic heterocycles. The lowest BCUT2D eigenvalue weighted by molar-refractivity contribution is 0.0588. The van der Waals surface area contributed by atoms with Crippen molar-refractivity contribution in [1.29, 1.82) is 0 Å². The maximum Gasteiger partial charge on any atom is 0.118 e. The van der Waals surface area contributed by atoms with E-state index in [2.05, 4.69) is 24.3 Å². The quantitative estimate of drug-likeness (QED) is 0.888. The van der Waals surface area contributed by atoms with Crippen molar-refractivity contribution < 1.29 is 9.52 Å². The topological polar surface area (TPSA) is 33.4 Å². The number of benzene rings is 1. The van der Waals surface area contributed by atoms with E-state index in [4.69, 9.17) is 4.42 Å². The molecule has 2 nitrogen and oxygen atoms in total. The standard InChI is InChI=1S/C18H20O2/c19-18(10-3-8-17-16(18)9-11-20-17)15-7-2-6-14(12-15)13-4-1-5-13/h2,6-7,9,11-13,19H,1,3-5,8,10H2. The Bertz CT molecular complexity index is 624. The summed E-state index contributed by atoms with van der Waals surface area (Å²) in [5.41, 5.74) is 2.52. The molecule has 1 fully saturated rings. The maximum atomic E-state index is 11.2. The van der Waals surface area contributed by atoms with Gasteiger partial charge in [0.15, 0.2) is 0 Å². The van der Waals surface area contributed by atoms with Crippen LogP contribution in [0.1, 0.15) is 60.5 Å². The second-order valence-electron chi connectivity index (χ2n) is 6.22. The summed E-state index contributed by atoms with van der Waals surface area (Å²) in [4.78, 5) is 0. The highest BCUT2D eigenvalue weighted by atomic mass is 16.3. The Labute approximate surface area is 119 Å². The van der Waals surface area contributed by atoms with Gasteiger partial charge in [0.2, 0.25) is 0 Å². The van der Waals surface area contributed by atoms with Crippen molar-refractivity contribution in [2.24, 2.45) is 0 Å². The van der Waals surface area contributed by atoms with E-state index in [0.29, 0.717) is 5.92 Å². The van der Waals surface area contributed by atoms with Crippen LogP contribution in [-0.2, 0) is 12.0 Å². The first kappa shape index (κ1) is 12.2. The third-order valence-corrected chi connectivity index (χ3v) is 5.07. The molecule has 0 bridgehead atoms. The minimum atomic E-state index is -0.861. The van der Waals surface area contributed by atoms with Crippen LogP contribution in [-0.4, -0.2) is 5.11 Å². The Balaban J connectivity index is 1.77. The van der Waals surface area contributed by atoms with Gasteiger partial charge in [0.05, 0.1) is 6.26 Å². The summed E-state index contributed by atoms with van der Waals surface area (Å²) < 4.78 is 5.52. The maximum absolute atomic E-state index is 11.2. The molecule has 2 aliphatic rings. The van der Waals surface area contributed by atoms with Gasteiger partial charge in [-0.25, -0.2) is 0 Å². The predicted octanol–water partition coefficient (Wildman–Crippen LogP) is 4.12. The molecule has 0 aliphatic heterocycles. The van der Waals surface area contributed by atoms with Crippen molar-refractivity contribution in [3.63, 3.8) is 0 Å². The van der Waals surface area contributed by atoms with Crippen LogP contribution in [0.4, 0.5) is 0 Å². The highest BCUT2D eigenvalue weighted by molar-refractivity contribution is 5.41. The van der Waals surface area contributed by atoms with E-state index in [9.17, 15) is 5.11 Å². The molecule has 1 saturated carbocycles. The lowest BCUT2D eigenvalue weighted by Gasteiger charge is -2.33. The molecule has 2 heteroatoms. The van der Waals surface area contributed by atoms with Crippen LogP contribution >= 0.6 is 0 Å². The molecular weight excluding hydrogens is 248 g/mol. The van der Waals surface area contributed by atoms with Crippen LogP contribution < -0.4 is 0 Å². The Morgan fingerprint density at radius 3 is 2.85 bits per heavy atom. The number of hydrogen-bond acceptors (Lipinski definition) is 2. The zero-order valence-electron chi connectivity index (χ0n) is 11.6. The molecule has 20 heavy (non-hydrogen) atoms. The van der Waals surface area contributed by atoms with E-state index in [-0.39, 0.29) is 0 Å². The number of aryl methyl sites for hydroxylation is 1. The summed E-state index contributed by atoms with van der Waals surface area (Å²) >= 11 is 0. The van der Waals surface area contributed by atoms with Crippen molar-refractivity contribution in [2.75, 3.05) is 0 Å². The fraction of sp³-hybridized carbons (Fsp3) is 0.444. The molecule has 1 atom stereocenters. The third-order valence-electron chi connectivity index (χ3n) is 5.07. The molecule has 0 radical (unpaired) electrons. The Morgan fingerprint density at radius 2 is 2.05 bits per heavy atom. The van der Waals surface area contributed by atoms with Gasteiger partial charge in [0.25, 0.3) is 0 Å². The summed E-state index contributed by atoms with van der Waals surface area (Å²) in [5.74, 6) is 1.65. The molecule has 1 aromatic carbocycles. The van der Waals surface area contributed by atoms with Crippen LogP contribution in [0.5, 0.6) is 0 Å². The van der Waals surface area contributed by atoms with Crippen molar-refractivity contribution in [3.05, 3.63) is 59.0 Å². The number of furan rings is 1. The molecule has 0 amide bonds. The van der Waals surface area contributed by atoms with Gasteiger partial charge >= 0.3 is 0 Å². The number of aliphatic hydroxyl groups is 1. The van der Waals surface area contributed by atoms with Crippen molar-refractivity contribution >= 4 is 0 Å². The average molecular weight is 268 g/mol.